The quantitative estimate of drug-likeness (QED) is 0.540. The van der Waals surface area contributed by atoms with Gasteiger partial charge in [0.2, 0.25) is 0 Å². The van der Waals surface area contributed by atoms with Gasteiger partial charge in [0.1, 0.15) is 18.1 Å². The Morgan fingerprint density at radius 1 is 1.12 bits per heavy atom. The fourth-order valence-electron chi connectivity index (χ4n) is 3.16. The number of thiazole rings is 1. The molecule has 168 valence electrons. The Bertz CT molecular complexity index is 1180. The molecule has 0 atom stereocenters. The molecular weight excluding hydrogens is 442 g/mol. The Labute approximate surface area is 194 Å². The number of hydrogen-bond acceptors (Lipinski definition) is 8. The number of carbonyl (C=O) groups excluding carboxylic acids is 2. The fourth-order valence-corrected chi connectivity index (χ4v) is 4.02. The largest absolute Gasteiger partial charge is 0.489 e. The van der Waals surface area contributed by atoms with Crippen molar-refractivity contribution in [3.05, 3.63) is 76.3 Å². The average molecular weight is 464 g/mol. The van der Waals surface area contributed by atoms with Crippen molar-refractivity contribution < 1.29 is 19.1 Å². The Balaban J connectivity index is 1.32. The topological polar surface area (TPSA) is 117 Å². The van der Waals surface area contributed by atoms with E-state index in [-0.39, 0.29) is 12.3 Å². The van der Waals surface area contributed by atoms with E-state index in [0.29, 0.717) is 30.1 Å². The third-order valence-corrected chi connectivity index (χ3v) is 5.83. The second-order valence-corrected chi connectivity index (χ2v) is 7.94. The predicted octanol–water partition coefficient (Wildman–Crippen LogP) is 2.51. The van der Waals surface area contributed by atoms with Gasteiger partial charge in [-0.05, 0) is 24.3 Å². The van der Waals surface area contributed by atoms with Gasteiger partial charge in [-0.1, -0.05) is 24.3 Å². The molecule has 0 aliphatic carbocycles. The highest BCUT2D eigenvalue weighted by Crippen LogP contribution is 2.21. The van der Waals surface area contributed by atoms with Crippen molar-refractivity contribution in [1.29, 1.82) is 5.26 Å². The molecule has 1 aliphatic heterocycles. The van der Waals surface area contributed by atoms with Crippen molar-refractivity contribution in [2.24, 2.45) is 0 Å². The van der Waals surface area contributed by atoms with E-state index in [1.54, 1.807) is 41.8 Å². The van der Waals surface area contributed by atoms with Crippen LogP contribution in [0.2, 0.25) is 0 Å². The van der Waals surface area contributed by atoms with Crippen LogP contribution in [0.1, 0.15) is 32.0 Å². The maximum Gasteiger partial charge on any atom is 0.289 e. The third-order valence-electron chi connectivity index (χ3n) is 4.92. The first-order valence-corrected chi connectivity index (χ1v) is 11.1. The minimum atomic E-state index is -0.500. The van der Waals surface area contributed by atoms with Crippen LogP contribution in [0, 0.1) is 11.3 Å². The Hall–Kier alpha value is -3.94. The lowest BCUT2D eigenvalue weighted by atomic mass is 10.1. The highest BCUT2D eigenvalue weighted by Gasteiger charge is 2.18. The zero-order valence-electron chi connectivity index (χ0n) is 17.6. The van der Waals surface area contributed by atoms with Crippen LogP contribution in [-0.2, 0) is 11.3 Å². The third kappa shape index (κ3) is 5.65. The molecular formula is C23H21N5O4S. The average Bonchev–Trinajstić information content (AvgIpc) is 3.37. The summed E-state index contributed by atoms with van der Waals surface area (Å²) in [4.78, 5) is 31.3. The molecule has 0 bridgehead atoms. The maximum absolute atomic E-state index is 12.5. The fraction of sp³-hybridized carbons (Fsp3) is 0.217. The number of carbonyl (C=O) groups is 2. The molecule has 4 rings (SSSR count). The first kappa shape index (κ1) is 22.3. The minimum absolute atomic E-state index is 0.195. The molecule has 33 heavy (non-hydrogen) atoms. The number of rotatable bonds is 6. The summed E-state index contributed by atoms with van der Waals surface area (Å²) in [6, 6.07) is 15.8. The lowest BCUT2D eigenvalue weighted by molar-refractivity contribution is 0.0844. The zero-order valence-corrected chi connectivity index (χ0v) is 18.4. The van der Waals surface area contributed by atoms with Crippen LogP contribution in [-0.4, -0.2) is 43.1 Å². The molecule has 2 N–H and O–H groups in total. The van der Waals surface area contributed by atoms with E-state index in [1.807, 2.05) is 12.1 Å². The summed E-state index contributed by atoms with van der Waals surface area (Å²) in [5.41, 5.74) is 6.62. The van der Waals surface area contributed by atoms with E-state index >= 15 is 0 Å². The molecule has 2 aromatic carbocycles. The van der Waals surface area contributed by atoms with Gasteiger partial charge in [0.15, 0.2) is 5.13 Å². The minimum Gasteiger partial charge on any atom is -0.489 e. The number of nitrogens with one attached hydrogen (secondary N) is 2. The smallest absolute Gasteiger partial charge is 0.289 e. The monoisotopic (exact) mass is 463 g/mol. The molecule has 1 aromatic heterocycles. The lowest BCUT2D eigenvalue weighted by Gasteiger charge is -2.25. The van der Waals surface area contributed by atoms with Gasteiger partial charge in [-0.15, -0.1) is 11.3 Å². The number of aromatic nitrogens is 1. The normalized spacial score (nSPS) is 13.1. The molecule has 1 aliphatic rings. The van der Waals surface area contributed by atoms with E-state index in [0.717, 1.165) is 23.8 Å². The molecule has 0 radical (unpaired) electrons. The standard InChI is InChI=1S/C23H21N5O4S/c24-13-17-4-1-2-5-18(17)14-32-19-7-3-6-16(12-19)21(29)26-27-22(30)20-15-33-23(25-20)28-8-10-31-11-9-28/h1-7,12,15H,8-11,14H2,(H,26,29)(H,27,30). The van der Waals surface area contributed by atoms with Gasteiger partial charge in [0.05, 0.1) is 24.8 Å². The van der Waals surface area contributed by atoms with Gasteiger partial charge < -0.3 is 14.4 Å². The number of ether oxygens (including phenoxy) is 2. The van der Waals surface area contributed by atoms with Crippen molar-refractivity contribution in [3.63, 3.8) is 0 Å². The molecule has 3 aromatic rings. The number of anilines is 1. The van der Waals surface area contributed by atoms with Crippen molar-refractivity contribution in [2.45, 2.75) is 6.61 Å². The van der Waals surface area contributed by atoms with E-state index in [2.05, 4.69) is 26.8 Å². The lowest BCUT2D eigenvalue weighted by Crippen LogP contribution is -2.41. The highest BCUT2D eigenvalue weighted by atomic mass is 32.1. The van der Waals surface area contributed by atoms with Gasteiger partial charge in [-0.2, -0.15) is 5.26 Å². The van der Waals surface area contributed by atoms with Crippen LogP contribution in [0.3, 0.4) is 0 Å². The van der Waals surface area contributed by atoms with Gasteiger partial charge in [-0.3, -0.25) is 20.4 Å². The number of nitriles is 1. The van der Waals surface area contributed by atoms with E-state index in [4.69, 9.17) is 9.47 Å². The zero-order chi connectivity index (χ0) is 23.0. The number of nitrogens with zero attached hydrogens (tertiary/aromatic N) is 3. The summed E-state index contributed by atoms with van der Waals surface area (Å²) >= 11 is 1.37. The molecule has 10 heteroatoms. The number of benzene rings is 2. The number of hydrazine groups is 1. The van der Waals surface area contributed by atoms with Gasteiger partial charge >= 0.3 is 0 Å². The van der Waals surface area contributed by atoms with Gasteiger partial charge in [-0.25, -0.2) is 4.98 Å². The van der Waals surface area contributed by atoms with Gasteiger partial charge in [0, 0.05) is 29.6 Å². The number of amides is 2. The van der Waals surface area contributed by atoms with Crippen LogP contribution in [0.4, 0.5) is 5.13 Å². The Kier molecular flexibility index (Phi) is 7.14. The van der Waals surface area contributed by atoms with E-state index < -0.39 is 11.8 Å². The molecule has 0 saturated carbocycles. The molecule has 2 amide bonds. The van der Waals surface area contributed by atoms with Crippen molar-refractivity contribution in [2.75, 3.05) is 31.2 Å². The first-order valence-electron chi connectivity index (χ1n) is 10.2. The van der Waals surface area contributed by atoms with Crippen LogP contribution in [0.25, 0.3) is 0 Å². The Morgan fingerprint density at radius 2 is 1.91 bits per heavy atom. The molecule has 0 unspecified atom stereocenters. The van der Waals surface area contributed by atoms with Crippen LogP contribution in [0.5, 0.6) is 5.75 Å². The van der Waals surface area contributed by atoms with Crippen molar-refractivity contribution in [1.82, 2.24) is 15.8 Å². The van der Waals surface area contributed by atoms with Crippen LogP contribution < -0.4 is 20.5 Å². The van der Waals surface area contributed by atoms with Crippen molar-refractivity contribution in [3.8, 4) is 11.8 Å². The Morgan fingerprint density at radius 3 is 2.73 bits per heavy atom. The molecule has 0 spiro atoms. The number of morpholine rings is 1. The van der Waals surface area contributed by atoms with Crippen molar-refractivity contribution >= 4 is 28.3 Å². The van der Waals surface area contributed by atoms with Gasteiger partial charge in [0.25, 0.3) is 11.8 Å². The summed E-state index contributed by atoms with van der Waals surface area (Å²) in [6.45, 7) is 2.91. The summed E-state index contributed by atoms with van der Waals surface area (Å²) in [7, 11) is 0. The van der Waals surface area contributed by atoms with Crippen LogP contribution >= 0.6 is 11.3 Å². The molecule has 1 saturated heterocycles. The second-order valence-electron chi connectivity index (χ2n) is 7.11. The SMILES string of the molecule is N#Cc1ccccc1COc1cccc(C(=O)NNC(=O)c2csc(N3CCOCC3)n2)c1. The summed E-state index contributed by atoms with van der Waals surface area (Å²) < 4.78 is 11.1. The highest BCUT2D eigenvalue weighted by molar-refractivity contribution is 7.13. The van der Waals surface area contributed by atoms with Crippen LogP contribution in [0.15, 0.2) is 53.9 Å². The molecule has 2 heterocycles. The molecule has 1 fully saturated rings. The summed E-state index contributed by atoms with van der Waals surface area (Å²) in [5, 5.41) is 11.6. The van der Waals surface area contributed by atoms with E-state index in [9.17, 15) is 14.9 Å². The first-order chi connectivity index (χ1) is 16.1. The predicted molar refractivity (Wildman–Crippen MR) is 122 cm³/mol. The second kappa shape index (κ2) is 10.6. The summed E-state index contributed by atoms with van der Waals surface area (Å²) in [5.74, 6) is -0.522. The molecule has 9 nitrogen and oxygen atoms in total. The summed E-state index contributed by atoms with van der Waals surface area (Å²) in [6.07, 6.45) is 0. The van der Waals surface area contributed by atoms with E-state index in [1.165, 1.54) is 11.3 Å². The number of hydrogen-bond donors (Lipinski definition) is 2. The maximum atomic E-state index is 12.5.